The van der Waals surface area contributed by atoms with Crippen molar-refractivity contribution in [3.8, 4) is 0 Å². The number of rotatable bonds is 4. The summed E-state index contributed by atoms with van der Waals surface area (Å²) in [4.78, 5) is 21.5. The molecule has 31 heavy (non-hydrogen) atoms. The molecule has 0 saturated carbocycles. The molecule has 2 aromatic carbocycles. The van der Waals surface area contributed by atoms with Gasteiger partial charge in [0.2, 0.25) is 0 Å². The molecule has 4 rings (SSSR count). The zero-order valence-electron chi connectivity index (χ0n) is 18.0. The van der Waals surface area contributed by atoms with Crippen LogP contribution in [0.25, 0.3) is 0 Å². The smallest absolute Gasteiger partial charge is 0.321 e. The molecule has 0 radical (unpaired) electrons. The van der Waals surface area contributed by atoms with Crippen molar-refractivity contribution < 1.29 is 4.79 Å². The molecule has 2 amide bonds. The van der Waals surface area contributed by atoms with Crippen LogP contribution in [0.3, 0.4) is 0 Å². The van der Waals surface area contributed by atoms with Gasteiger partial charge >= 0.3 is 6.03 Å². The number of benzene rings is 2. The highest BCUT2D eigenvalue weighted by atomic mass is 35.5. The number of piperazine rings is 1. The minimum absolute atomic E-state index is 0.0645. The van der Waals surface area contributed by atoms with Crippen LogP contribution in [0.1, 0.15) is 6.42 Å². The highest BCUT2D eigenvalue weighted by Crippen LogP contribution is 2.27. The Morgan fingerprint density at radius 2 is 1.55 bits per heavy atom. The Bertz CT molecular complexity index is 892. The van der Waals surface area contributed by atoms with Gasteiger partial charge < -0.3 is 24.9 Å². The summed E-state index contributed by atoms with van der Waals surface area (Å²) in [5, 5.41) is 4.27. The van der Waals surface area contributed by atoms with E-state index in [1.165, 1.54) is 12.1 Å². The van der Waals surface area contributed by atoms with E-state index >= 15 is 0 Å². The molecule has 166 valence electrons. The summed E-state index contributed by atoms with van der Waals surface area (Å²) in [6.45, 7) is 4.88. The molecule has 6 nitrogen and oxygen atoms in total. The van der Waals surface area contributed by atoms with Gasteiger partial charge in [0.05, 0.1) is 0 Å². The second kappa shape index (κ2) is 9.55. The summed E-state index contributed by atoms with van der Waals surface area (Å²) in [6.07, 6.45) is 1.18. The zero-order chi connectivity index (χ0) is 22.0. The van der Waals surface area contributed by atoms with Crippen LogP contribution < -0.4 is 15.1 Å². The van der Waals surface area contributed by atoms with Crippen LogP contribution in [0.2, 0.25) is 10.0 Å². The van der Waals surface area contributed by atoms with Gasteiger partial charge in [0.1, 0.15) is 0 Å². The fourth-order valence-electron chi connectivity index (χ4n) is 4.25. The standard InChI is InChI=1S/C23H29Cl2N5O/c1-27(2)21-7-8-30(16-21)20-5-3-19(4-6-20)26-23(31)29-11-9-28(10-12-29)22-14-17(24)13-18(25)15-22/h3-6,13-15,21H,7-12,16H2,1-2H3,(H,26,31). The number of halogens is 2. The Morgan fingerprint density at radius 3 is 2.13 bits per heavy atom. The molecule has 8 heteroatoms. The lowest BCUT2D eigenvalue weighted by Gasteiger charge is -2.36. The van der Waals surface area contributed by atoms with Crippen LogP contribution in [0, 0.1) is 0 Å². The highest BCUT2D eigenvalue weighted by Gasteiger charge is 2.24. The van der Waals surface area contributed by atoms with Gasteiger partial charge in [-0.2, -0.15) is 0 Å². The number of urea groups is 1. The fourth-order valence-corrected chi connectivity index (χ4v) is 4.76. The van der Waals surface area contributed by atoms with Crippen molar-refractivity contribution in [3.63, 3.8) is 0 Å². The zero-order valence-corrected chi connectivity index (χ0v) is 19.5. The Hall–Kier alpha value is -2.15. The topological polar surface area (TPSA) is 42.1 Å². The first-order valence-electron chi connectivity index (χ1n) is 10.7. The van der Waals surface area contributed by atoms with Crippen molar-refractivity contribution in [2.75, 3.05) is 68.5 Å². The summed E-state index contributed by atoms with van der Waals surface area (Å²) in [7, 11) is 4.27. The van der Waals surface area contributed by atoms with Gasteiger partial charge in [0.15, 0.2) is 0 Å². The predicted molar refractivity (Wildman–Crippen MR) is 130 cm³/mol. The molecular weight excluding hydrogens is 433 g/mol. The fraction of sp³-hybridized carbons (Fsp3) is 0.435. The number of nitrogens with one attached hydrogen (secondary N) is 1. The third kappa shape index (κ3) is 5.37. The maximum absolute atomic E-state index is 12.7. The van der Waals surface area contributed by atoms with E-state index in [1.54, 1.807) is 6.07 Å². The minimum atomic E-state index is -0.0645. The molecular formula is C23H29Cl2N5O. The maximum atomic E-state index is 12.7. The first-order chi connectivity index (χ1) is 14.9. The van der Waals surface area contributed by atoms with Crippen LogP contribution >= 0.6 is 23.2 Å². The molecule has 1 N–H and O–H groups in total. The van der Waals surface area contributed by atoms with Crippen molar-refractivity contribution in [1.29, 1.82) is 0 Å². The van der Waals surface area contributed by atoms with Crippen molar-refractivity contribution in [1.82, 2.24) is 9.80 Å². The van der Waals surface area contributed by atoms with Crippen LogP contribution in [-0.4, -0.2) is 75.2 Å². The lowest BCUT2D eigenvalue weighted by molar-refractivity contribution is 0.208. The highest BCUT2D eigenvalue weighted by molar-refractivity contribution is 6.35. The van der Waals surface area contributed by atoms with E-state index in [0.29, 0.717) is 29.2 Å². The van der Waals surface area contributed by atoms with Crippen molar-refractivity contribution >= 4 is 46.3 Å². The molecule has 2 aromatic rings. The van der Waals surface area contributed by atoms with Gasteiger partial charge in [-0.1, -0.05) is 23.2 Å². The average Bonchev–Trinajstić information content (AvgIpc) is 3.24. The number of likely N-dealkylation sites (N-methyl/N-ethyl adjacent to an activating group) is 1. The monoisotopic (exact) mass is 461 g/mol. The molecule has 0 spiro atoms. The van der Waals surface area contributed by atoms with E-state index < -0.39 is 0 Å². The molecule has 2 aliphatic heterocycles. The van der Waals surface area contributed by atoms with Gasteiger partial charge in [-0.25, -0.2) is 4.79 Å². The van der Waals surface area contributed by atoms with Crippen molar-refractivity contribution in [2.24, 2.45) is 0 Å². The quantitative estimate of drug-likeness (QED) is 0.728. The Morgan fingerprint density at radius 1 is 0.903 bits per heavy atom. The van der Waals surface area contributed by atoms with Gasteiger partial charge in [-0.3, -0.25) is 0 Å². The van der Waals surface area contributed by atoms with Gasteiger partial charge in [-0.05, 0) is 63.0 Å². The normalized spacial score (nSPS) is 19.3. The van der Waals surface area contributed by atoms with Crippen LogP contribution in [0.4, 0.5) is 21.9 Å². The van der Waals surface area contributed by atoms with Crippen molar-refractivity contribution in [3.05, 3.63) is 52.5 Å². The second-order valence-electron chi connectivity index (χ2n) is 8.43. The van der Waals surface area contributed by atoms with E-state index in [0.717, 1.165) is 37.6 Å². The molecule has 2 fully saturated rings. The lowest BCUT2D eigenvalue weighted by atomic mass is 10.2. The number of carbonyl (C=O) groups excluding carboxylic acids is 1. The molecule has 1 atom stereocenters. The van der Waals surface area contributed by atoms with E-state index in [2.05, 4.69) is 46.2 Å². The number of anilines is 3. The molecule has 2 heterocycles. The van der Waals surface area contributed by atoms with E-state index in [1.807, 2.05) is 29.2 Å². The largest absolute Gasteiger partial charge is 0.370 e. The molecule has 2 saturated heterocycles. The number of hydrogen-bond acceptors (Lipinski definition) is 4. The van der Waals surface area contributed by atoms with E-state index in [-0.39, 0.29) is 6.03 Å². The SMILES string of the molecule is CN(C)C1CCN(c2ccc(NC(=O)N3CCN(c4cc(Cl)cc(Cl)c4)CC3)cc2)C1. The molecule has 0 aromatic heterocycles. The number of carbonyl (C=O) groups is 1. The lowest BCUT2D eigenvalue weighted by Crippen LogP contribution is -2.50. The average molecular weight is 462 g/mol. The van der Waals surface area contributed by atoms with E-state index in [4.69, 9.17) is 23.2 Å². The van der Waals surface area contributed by atoms with Gasteiger partial charge in [-0.15, -0.1) is 0 Å². The minimum Gasteiger partial charge on any atom is -0.370 e. The molecule has 0 bridgehead atoms. The summed E-state index contributed by atoms with van der Waals surface area (Å²) < 4.78 is 0. The molecule has 0 aliphatic carbocycles. The third-order valence-corrected chi connectivity index (χ3v) is 6.59. The second-order valence-corrected chi connectivity index (χ2v) is 9.30. The number of amides is 2. The molecule has 2 aliphatic rings. The Kier molecular flexibility index (Phi) is 6.80. The molecule has 1 unspecified atom stereocenters. The third-order valence-electron chi connectivity index (χ3n) is 6.16. The number of hydrogen-bond donors (Lipinski definition) is 1. The first kappa shape index (κ1) is 22.1. The van der Waals surface area contributed by atoms with Crippen LogP contribution in [0.5, 0.6) is 0 Å². The maximum Gasteiger partial charge on any atom is 0.321 e. The summed E-state index contributed by atoms with van der Waals surface area (Å²) in [5.74, 6) is 0. The van der Waals surface area contributed by atoms with Crippen LogP contribution in [-0.2, 0) is 0 Å². The predicted octanol–water partition coefficient (Wildman–Crippen LogP) is 4.49. The number of nitrogens with zero attached hydrogens (tertiary/aromatic N) is 4. The summed E-state index contributed by atoms with van der Waals surface area (Å²) in [5.41, 5.74) is 3.02. The Balaban J connectivity index is 1.29. The van der Waals surface area contributed by atoms with Gasteiger partial charge in [0.25, 0.3) is 0 Å². The summed E-state index contributed by atoms with van der Waals surface area (Å²) in [6, 6.07) is 14.2. The first-order valence-corrected chi connectivity index (χ1v) is 11.4. The van der Waals surface area contributed by atoms with Crippen molar-refractivity contribution in [2.45, 2.75) is 12.5 Å². The summed E-state index contributed by atoms with van der Waals surface area (Å²) >= 11 is 12.2. The Labute approximate surface area is 194 Å². The van der Waals surface area contributed by atoms with Crippen LogP contribution in [0.15, 0.2) is 42.5 Å². The van der Waals surface area contributed by atoms with E-state index in [9.17, 15) is 4.79 Å². The van der Waals surface area contributed by atoms with Gasteiger partial charge in [0, 0.05) is 72.4 Å².